The Morgan fingerprint density at radius 1 is 1.24 bits per heavy atom. The minimum absolute atomic E-state index is 0.343. The molecule has 0 radical (unpaired) electrons. The van der Waals surface area contributed by atoms with Gasteiger partial charge in [0.05, 0.1) is 0 Å². The van der Waals surface area contributed by atoms with E-state index in [-0.39, 0.29) is 0 Å². The predicted octanol–water partition coefficient (Wildman–Crippen LogP) is 3.46. The second-order valence-electron chi connectivity index (χ2n) is 7.93. The van der Waals surface area contributed by atoms with Gasteiger partial charge in [0.1, 0.15) is 6.54 Å². The molecule has 2 N–H and O–H groups in total. The van der Waals surface area contributed by atoms with Gasteiger partial charge in [-0.05, 0) is 63.9 Å². The van der Waals surface area contributed by atoms with Crippen molar-refractivity contribution in [2.24, 2.45) is 4.99 Å². The molecule has 2 fully saturated rings. The molecule has 0 saturated carbocycles. The van der Waals surface area contributed by atoms with E-state index < -0.39 is 0 Å². The van der Waals surface area contributed by atoms with Crippen molar-refractivity contribution >= 4 is 17.6 Å². The minimum Gasteiger partial charge on any atom is -0.357 e. The first-order chi connectivity index (χ1) is 14.1. The number of guanidine groups is 1. The molecule has 1 aromatic heterocycles. The Morgan fingerprint density at radius 2 is 1.97 bits per heavy atom. The predicted molar refractivity (Wildman–Crippen MR) is 115 cm³/mol. The molecule has 3 heterocycles. The minimum atomic E-state index is 0.343. The number of aromatic nitrogens is 2. The monoisotopic (exact) mass is 416 g/mol. The number of piperidine rings is 2. The van der Waals surface area contributed by atoms with E-state index >= 15 is 0 Å². The van der Waals surface area contributed by atoms with Crippen LogP contribution in [-0.4, -0.2) is 52.7 Å². The lowest BCUT2D eigenvalue weighted by Gasteiger charge is -2.47. The smallest absolute Gasteiger partial charge is 0.248 e. The zero-order valence-electron chi connectivity index (χ0n) is 17.1. The van der Waals surface area contributed by atoms with Crippen molar-refractivity contribution < 1.29 is 4.52 Å². The van der Waals surface area contributed by atoms with Crippen molar-refractivity contribution in [1.29, 1.82) is 0 Å². The van der Waals surface area contributed by atoms with E-state index in [0.29, 0.717) is 41.4 Å². The fourth-order valence-corrected chi connectivity index (χ4v) is 4.56. The number of rotatable bonds is 5. The average molecular weight is 417 g/mol. The summed E-state index contributed by atoms with van der Waals surface area (Å²) in [5, 5.41) is 11.7. The van der Waals surface area contributed by atoms with Gasteiger partial charge >= 0.3 is 0 Å². The van der Waals surface area contributed by atoms with E-state index in [1.54, 1.807) is 0 Å². The largest absolute Gasteiger partial charge is 0.357 e. The molecule has 2 unspecified atom stereocenters. The van der Waals surface area contributed by atoms with Crippen LogP contribution in [0.5, 0.6) is 0 Å². The van der Waals surface area contributed by atoms with Gasteiger partial charge in [0.2, 0.25) is 11.7 Å². The lowest BCUT2D eigenvalue weighted by molar-refractivity contribution is 0.0526. The maximum absolute atomic E-state index is 5.94. The molecule has 0 aliphatic carbocycles. The van der Waals surface area contributed by atoms with E-state index in [2.05, 4.69) is 44.6 Å². The summed E-state index contributed by atoms with van der Waals surface area (Å²) in [6, 6.07) is 9.20. The van der Waals surface area contributed by atoms with E-state index in [4.69, 9.17) is 16.1 Å². The van der Waals surface area contributed by atoms with Crippen molar-refractivity contribution in [2.75, 3.05) is 13.6 Å². The van der Waals surface area contributed by atoms with Crippen LogP contribution in [0.2, 0.25) is 5.02 Å². The molecule has 0 amide bonds. The van der Waals surface area contributed by atoms with Gasteiger partial charge in [-0.1, -0.05) is 23.2 Å². The van der Waals surface area contributed by atoms with E-state index in [1.165, 1.54) is 32.1 Å². The molecule has 2 aromatic rings. The van der Waals surface area contributed by atoms with Crippen LogP contribution in [0.4, 0.5) is 0 Å². The highest BCUT2D eigenvalue weighted by atomic mass is 35.5. The summed E-state index contributed by atoms with van der Waals surface area (Å²) in [7, 11) is 2.28. The molecule has 2 saturated heterocycles. The quantitative estimate of drug-likeness (QED) is 0.574. The highest BCUT2D eigenvalue weighted by molar-refractivity contribution is 6.30. The van der Waals surface area contributed by atoms with Crippen LogP contribution in [0.25, 0.3) is 11.4 Å². The zero-order valence-corrected chi connectivity index (χ0v) is 17.8. The average Bonchev–Trinajstić information content (AvgIpc) is 3.17. The van der Waals surface area contributed by atoms with Crippen LogP contribution in [0.15, 0.2) is 33.8 Å². The number of fused-ring (bicyclic) bond motifs is 2. The van der Waals surface area contributed by atoms with Gasteiger partial charge in [-0.3, -0.25) is 0 Å². The summed E-state index contributed by atoms with van der Waals surface area (Å²) in [5.41, 5.74) is 0.872. The lowest BCUT2D eigenvalue weighted by atomic mass is 9.82. The highest BCUT2D eigenvalue weighted by Crippen LogP contribution is 2.32. The number of benzene rings is 1. The molecule has 2 atom stereocenters. The second kappa shape index (κ2) is 9.13. The molecule has 2 aliphatic rings. The molecular weight excluding hydrogens is 388 g/mol. The Labute approximate surface area is 176 Å². The van der Waals surface area contributed by atoms with Crippen molar-refractivity contribution in [3.05, 3.63) is 35.2 Å². The van der Waals surface area contributed by atoms with Crippen molar-refractivity contribution in [1.82, 2.24) is 25.7 Å². The van der Waals surface area contributed by atoms with Crippen LogP contribution < -0.4 is 10.6 Å². The number of nitrogens with zero attached hydrogens (tertiary/aromatic N) is 4. The number of aliphatic imine (C=N–C) groups is 1. The number of hydrogen-bond acceptors (Lipinski definition) is 5. The number of nitrogens with one attached hydrogen (secondary N) is 2. The van der Waals surface area contributed by atoms with Crippen LogP contribution in [0.1, 0.15) is 44.9 Å². The van der Waals surface area contributed by atoms with Gasteiger partial charge in [-0.15, -0.1) is 0 Å². The number of halogens is 1. The maximum atomic E-state index is 5.94. The van der Waals surface area contributed by atoms with E-state index in [1.807, 2.05) is 24.3 Å². The van der Waals surface area contributed by atoms with Crippen molar-refractivity contribution in [2.45, 2.75) is 63.7 Å². The maximum Gasteiger partial charge on any atom is 0.248 e. The topological polar surface area (TPSA) is 78.6 Å². The molecule has 1 aromatic carbocycles. The first-order valence-electron chi connectivity index (χ1n) is 10.5. The van der Waals surface area contributed by atoms with Crippen LogP contribution in [0, 0.1) is 0 Å². The van der Waals surface area contributed by atoms with Gasteiger partial charge in [-0.2, -0.15) is 4.98 Å². The third kappa shape index (κ3) is 4.90. The Bertz CT molecular complexity index is 822. The van der Waals surface area contributed by atoms with Gasteiger partial charge < -0.3 is 20.1 Å². The first-order valence-corrected chi connectivity index (χ1v) is 10.9. The fraction of sp³-hybridized carbons (Fsp3) is 0.571. The van der Waals surface area contributed by atoms with Crippen LogP contribution in [-0.2, 0) is 6.54 Å². The molecule has 156 valence electrons. The SMILES string of the molecule is CCNC(=NCc1nc(-c2ccc(Cl)cc2)no1)NC1CC2CCCC(C1)N2C. The van der Waals surface area contributed by atoms with Crippen LogP contribution >= 0.6 is 11.6 Å². The Morgan fingerprint density at radius 3 is 2.66 bits per heavy atom. The van der Waals surface area contributed by atoms with E-state index in [0.717, 1.165) is 18.1 Å². The zero-order chi connectivity index (χ0) is 20.2. The molecule has 7 nitrogen and oxygen atoms in total. The molecule has 8 heteroatoms. The van der Waals surface area contributed by atoms with Crippen LogP contribution in [0.3, 0.4) is 0 Å². The molecule has 2 bridgehead atoms. The van der Waals surface area contributed by atoms with Gasteiger partial charge in [0.25, 0.3) is 0 Å². The third-order valence-electron chi connectivity index (χ3n) is 5.97. The summed E-state index contributed by atoms with van der Waals surface area (Å²) in [6.45, 7) is 3.23. The number of hydrogen-bond donors (Lipinski definition) is 2. The summed E-state index contributed by atoms with van der Waals surface area (Å²) in [4.78, 5) is 11.7. The highest BCUT2D eigenvalue weighted by Gasteiger charge is 2.36. The van der Waals surface area contributed by atoms with Gasteiger partial charge in [0.15, 0.2) is 5.96 Å². The Kier molecular flexibility index (Phi) is 6.35. The van der Waals surface area contributed by atoms with Crippen molar-refractivity contribution in [3.63, 3.8) is 0 Å². The molecule has 29 heavy (non-hydrogen) atoms. The summed E-state index contributed by atoms with van der Waals surface area (Å²) < 4.78 is 5.38. The summed E-state index contributed by atoms with van der Waals surface area (Å²) in [5.74, 6) is 1.85. The van der Waals surface area contributed by atoms with Gasteiger partial charge in [0, 0.05) is 35.3 Å². The van der Waals surface area contributed by atoms with Gasteiger partial charge in [-0.25, -0.2) is 4.99 Å². The summed E-state index contributed by atoms with van der Waals surface area (Å²) >= 11 is 5.94. The lowest BCUT2D eigenvalue weighted by Crippen LogP contribution is -2.56. The van der Waals surface area contributed by atoms with E-state index in [9.17, 15) is 0 Å². The molecular formula is C21H29ClN6O. The Balaban J connectivity index is 1.39. The fourth-order valence-electron chi connectivity index (χ4n) is 4.43. The molecule has 0 spiro atoms. The van der Waals surface area contributed by atoms with Crippen molar-refractivity contribution in [3.8, 4) is 11.4 Å². The normalized spacial score (nSPS) is 25.1. The third-order valence-corrected chi connectivity index (χ3v) is 6.22. The summed E-state index contributed by atoms with van der Waals surface area (Å²) in [6.07, 6.45) is 6.29. The standard InChI is InChI=1S/C21H29ClN6O/c1-3-23-21(25-16-11-17-5-4-6-18(12-16)28(17)2)24-13-19-26-20(27-29-19)14-7-9-15(22)10-8-14/h7-10,16-18H,3-6,11-13H2,1-2H3,(H2,23,24,25). The Hall–Kier alpha value is -2.12. The molecule has 2 aliphatic heterocycles. The molecule has 4 rings (SSSR count). The second-order valence-corrected chi connectivity index (χ2v) is 8.37. The first kappa shape index (κ1) is 20.2.